The molecule has 3 N–H and O–H groups in total. The van der Waals surface area contributed by atoms with E-state index in [9.17, 15) is 0 Å². The first-order valence-electron chi connectivity index (χ1n) is 5.77. The smallest absolute Gasteiger partial charge is 0.0317 e. The first-order chi connectivity index (χ1) is 7.18. The predicted octanol–water partition coefficient (Wildman–Crippen LogP) is 2.69. The summed E-state index contributed by atoms with van der Waals surface area (Å²) in [6.45, 7) is 3.26. The third-order valence-corrected chi connectivity index (χ3v) is 3.38. The molecule has 2 rings (SSSR count). The summed E-state index contributed by atoms with van der Waals surface area (Å²) in [5, 5.41) is 3.65. The van der Waals surface area contributed by atoms with E-state index in [2.05, 4.69) is 18.3 Å². The molecule has 0 saturated heterocycles. The number of anilines is 1. The Morgan fingerprint density at radius 1 is 1.33 bits per heavy atom. The van der Waals surface area contributed by atoms with Crippen LogP contribution >= 0.6 is 0 Å². The largest absolute Gasteiger partial charge is 0.399 e. The molecular weight excluding hydrogens is 184 g/mol. The number of nitrogens with one attached hydrogen (secondary N) is 1. The lowest BCUT2D eigenvalue weighted by Crippen LogP contribution is -2.38. The summed E-state index contributed by atoms with van der Waals surface area (Å²) < 4.78 is 0. The van der Waals surface area contributed by atoms with E-state index in [0.717, 1.165) is 12.2 Å². The minimum atomic E-state index is 0.352. The molecule has 2 heteroatoms. The minimum Gasteiger partial charge on any atom is -0.399 e. The van der Waals surface area contributed by atoms with E-state index in [4.69, 9.17) is 5.73 Å². The van der Waals surface area contributed by atoms with Gasteiger partial charge in [-0.05, 0) is 37.5 Å². The van der Waals surface area contributed by atoms with Crippen LogP contribution in [0.15, 0.2) is 24.3 Å². The van der Waals surface area contributed by atoms with Crippen molar-refractivity contribution in [1.29, 1.82) is 0 Å². The van der Waals surface area contributed by atoms with Crippen LogP contribution in [-0.4, -0.2) is 5.54 Å². The molecule has 1 aliphatic rings. The van der Waals surface area contributed by atoms with Crippen molar-refractivity contribution in [2.45, 2.75) is 44.7 Å². The highest BCUT2D eigenvalue weighted by Crippen LogP contribution is 2.29. The van der Waals surface area contributed by atoms with Crippen molar-refractivity contribution >= 4 is 5.69 Å². The van der Waals surface area contributed by atoms with Crippen LogP contribution in [0, 0.1) is 0 Å². The molecule has 0 aromatic heterocycles. The molecule has 0 heterocycles. The van der Waals surface area contributed by atoms with Gasteiger partial charge in [-0.3, -0.25) is 0 Å². The molecule has 2 nitrogen and oxygen atoms in total. The Labute approximate surface area is 91.9 Å². The van der Waals surface area contributed by atoms with Gasteiger partial charge < -0.3 is 11.1 Å². The van der Waals surface area contributed by atoms with E-state index < -0.39 is 0 Å². The molecule has 1 fully saturated rings. The second kappa shape index (κ2) is 4.23. The first-order valence-corrected chi connectivity index (χ1v) is 5.77. The average Bonchev–Trinajstić information content (AvgIpc) is 2.63. The van der Waals surface area contributed by atoms with Crippen molar-refractivity contribution < 1.29 is 0 Å². The summed E-state index contributed by atoms with van der Waals surface area (Å²) in [5.41, 5.74) is 8.23. The van der Waals surface area contributed by atoms with E-state index in [1.54, 1.807) is 0 Å². The molecule has 0 bridgehead atoms. The third-order valence-electron chi connectivity index (χ3n) is 3.38. The van der Waals surface area contributed by atoms with Gasteiger partial charge in [0, 0.05) is 17.8 Å². The number of hydrogen-bond donors (Lipinski definition) is 2. The molecule has 82 valence electrons. The second-order valence-corrected chi connectivity index (χ2v) is 4.87. The summed E-state index contributed by atoms with van der Waals surface area (Å²) in [5.74, 6) is 0. The third kappa shape index (κ3) is 2.72. The standard InChI is InChI=1S/C13H20N2/c1-13(7-2-3-8-13)15-10-11-5-4-6-12(14)9-11/h4-6,9,15H,2-3,7-8,10,14H2,1H3. The van der Waals surface area contributed by atoms with E-state index in [0.29, 0.717) is 5.54 Å². The van der Waals surface area contributed by atoms with Gasteiger partial charge in [0.2, 0.25) is 0 Å². The molecule has 15 heavy (non-hydrogen) atoms. The molecule has 1 aromatic carbocycles. The topological polar surface area (TPSA) is 38.0 Å². The van der Waals surface area contributed by atoms with Crippen molar-refractivity contribution in [2.75, 3.05) is 5.73 Å². The number of hydrogen-bond acceptors (Lipinski definition) is 2. The Morgan fingerprint density at radius 3 is 2.73 bits per heavy atom. The molecule has 0 unspecified atom stereocenters. The van der Waals surface area contributed by atoms with Crippen LogP contribution < -0.4 is 11.1 Å². The highest BCUT2D eigenvalue weighted by Gasteiger charge is 2.27. The number of nitrogens with two attached hydrogens (primary N) is 1. The summed E-state index contributed by atoms with van der Waals surface area (Å²) in [7, 11) is 0. The van der Waals surface area contributed by atoms with E-state index in [-0.39, 0.29) is 0 Å². The van der Waals surface area contributed by atoms with Crippen LogP contribution in [0.4, 0.5) is 5.69 Å². The van der Waals surface area contributed by atoms with Crippen LogP contribution in [0.2, 0.25) is 0 Å². The van der Waals surface area contributed by atoms with Gasteiger partial charge in [0.25, 0.3) is 0 Å². The second-order valence-electron chi connectivity index (χ2n) is 4.87. The van der Waals surface area contributed by atoms with E-state index in [1.165, 1.54) is 31.2 Å². The van der Waals surface area contributed by atoms with Crippen LogP contribution in [0.25, 0.3) is 0 Å². The summed E-state index contributed by atoms with van der Waals surface area (Å²) in [4.78, 5) is 0. The lowest BCUT2D eigenvalue weighted by molar-refractivity contribution is 0.363. The van der Waals surface area contributed by atoms with Crippen LogP contribution in [0.1, 0.15) is 38.2 Å². The molecule has 1 aromatic rings. The predicted molar refractivity (Wildman–Crippen MR) is 64.6 cm³/mol. The highest BCUT2D eigenvalue weighted by atomic mass is 15.0. The van der Waals surface area contributed by atoms with Crippen molar-refractivity contribution in [1.82, 2.24) is 5.32 Å². The maximum absolute atomic E-state index is 5.75. The van der Waals surface area contributed by atoms with Gasteiger partial charge in [-0.25, -0.2) is 0 Å². The van der Waals surface area contributed by atoms with Crippen LogP contribution in [-0.2, 0) is 6.54 Å². The molecule has 0 spiro atoms. The van der Waals surface area contributed by atoms with Crippen molar-refractivity contribution in [3.05, 3.63) is 29.8 Å². The van der Waals surface area contributed by atoms with Gasteiger partial charge in [-0.1, -0.05) is 25.0 Å². The Bertz CT molecular complexity index is 327. The Morgan fingerprint density at radius 2 is 2.07 bits per heavy atom. The Kier molecular flexibility index (Phi) is 2.96. The lowest BCUT2D eigenvalue weighted by Gasteiger charge is -2.25. The molecule has 0 aliphatic heterocycles. The fourth-order valence-corrected chi connectivity index (χ4v) is 2.35. The highest BCUT2D eigenvalue weighted by molar-refractivity contribution is 5.40. The van der Waals surface area contributed by atoms with Crippen molar-refractivity contribution in [2.24, 2.45) is 0 Å². The zero-order valence-electron chi connectivity index (χ0n) is 9.42. The average molecular weight is 204 g/mol. The molecule has 0 atom stereocenters. The van der Waals surface area contributed by atoms with E-state index in [1.807, 2.05) is 18.2 Å². The Balaban J connectivity index is 1.92. The fourth-order valence-electron chi connectivity index (χ4n) is 2.35. The SMILES string of the molecule is CC1(NCc2cccc(N)c2)CCCC1. The van der Waals surface area contributed by atoms with Crippen LogP contribution in [0.5, 0.6) is 0 Å². The van der Waals surface area contributed by atoms with Gasteiger partial charge in [0.1, 0.15) is 0 Å². The van der Waals surface area contributed by atoms with Gasteiger partial charge in [0.05, 0.1) is 0 Å². The fraction of sp³-hybridized carbons (Fsp3) is 0.538. The number of nitrogen functional groups attached to an aromatic ring is 1. The van der Waals surface area contributed by atoms with Gasteiger partial charge in [-0.2, -0.15) is 0 Å². The summed E-state index contributed by atoms with van der Waals surface area (Å²) >= 11 is 0. The Hall–Kier alpha value is -1.02. The zero-order chi connectivity index (χ0) is 10.7. The molecule has 1 saturated carbocycles. The quantitative estimate of drug-likeness (QED) is 0.743. The monoisotopic (exact) mass is 204 g/mol. The van der Waals surface area contributed by atoms with Crippen LogP contribution in [0.3, 0.4) is 0 Å². The molecular formula is C13H20N2. The normalized spacial score (nSPS) is 19.3. The first kappa shape index (κ1) is 10.5. The van der Waals surface area contributed by atoms with Crippen molar-refractivity contribution in [3.8, 4) is 0 Å². The number of rotatable bonds is 3. The summed E-state index contributed by atoms with van der Waals surface area (Å²) in [6.07, 6.45) is 5.32. The molecule has 1 aliphatic carbocycles. The van der Waals surface area contributed by atoms with Crippen molar-refractivity contribution in [3.63, 3.8) is 0 Å². The lowest BCUT2D eigenvalue weighted by atomic mass is 10.0. The van der Waals surface area contributed by atoms with Gasteiger partial charge in [-0.15, -0.1) is 0 Å². The maximum Gasteiger partial charge on any atom is 0.0317 e. The van der Waals surface area contributed by atoms with Gasteiger partial charge >= 0.3 is 0 Å². The minimum absolute atomic E-state index is 0.352. The zero-order valence-corrected chi connectivity index (χ0v) is 9.42. The van der Waals surface area contributed by atoms with Gasteiger partial charge in [0.15, 0.2) is 0 Å². The molecule has 0 amide bonds. The number of benzene rings is 1. The summed E-state index contributed by atoms with van der Waals surface area (Å²) in [6, 6.07) is 8.12. The van der Waals surface area contributed by atoms with E-state index >= 15 is 0 Å². The maximum atomic E-state index is 5.75. The molecule has 0 radical (unpaired) electrons.